The molecule has 0 bridgehead atoms. The monoisotopic (exact) mass is 416 g/mol. The molecular weight excluding hydrogens is 391 g/mol. The van der Waals surface area contributed by atoms with Crippen molar-refractivity contribution in [3.63, 3.8) is 0 Å². The Kier molecular flexibility index (Phi) is 8.28. The van der Waals surface area contributed by atoms with Crippen LogP contribution in [0.5, 0.6) is 0 Å². The highest BCUT2D eigenvalue weighted by atomic mass is 35.5. The average molecular weight is 417 g/mol. The molecule has 2 N–H and O–H groups in total. The highest BCUT2D eigenvalue weighted by molar-refractivity contribution is 6.30. The van der Waals surface area contributed by atoms with Crippen LogP contribution in [0.1, 0.15) is 31.2 Å². The fraction of sp³-hybridized carbons (Fsp3) is 0.611. The van der Waals surface area contributed by atoms with Gasteiger partial charge in [0, 0.05) is 36.3 Å². The van der Waals surface area contributed by atoms with E-state index >= 15 is 0 Å². The van der Waals surface area contributed by atoms with Gasteiger partial charge in [-0.1, -0.05) is 11.6 Å². The van der Waals surface area contributed by atoms with Crippen LogP contribution in [0.4, 0.5) is 5.69 Å². The van der Waals surface area contributed by atoms with Crippen molar-refractivity contribution >= 4 is 35.6 Å². The Balaban J connectivity index is 0.00000261. The molecule has 0 saturated carbocycles. The Hall–Kier alpha value is -1.41. The molecule has 2 heterocycles. The molecule has 2 aliphatic heterocycles. The van der Waals surface area contributed by atoms with Gasteiger partial charge in [0.15, 0.2) is 0 Å². The lowest BCUT2D eigenvalue weighted by molar-refractivity contribution is -0.385. The Morgan fingerprint density at radius 3 is 2.89 bits per heavy atom. The topological polar surface area (TPSA) is 87.5 Å². The second-order valence-corrected chi connectivity index (χ2v) is 7.60. The maximum atomic E-state index is 12.1. The van der Waals surface area contributed by atoms with E-state index < -0.39 is 0 Å². The number of carbonyl (C=O) groups excluding carboxylic acids is 1. The van der Waals surface area contributed by atoms with E-state index in [1.54, 1.807) is 12.1 Å². The number of likely N-dealkylation sites (tertiary alicyclic amines) is 1. The zero-order valence-corrected chi connectivity index (χ0v) is 16.7. The number of hydrogen-bond acceptors (Lipinski definition) is 5. The Morgan fingerprint density at radius 2 is 2.19 bits per heavy atom. The largest absolute Gasteiger partial charge is 0.354 e. The molecule has 2 fully saturated rings. The molecule has 3 rings (SSSR count). The highest BCUT2D eigenvalue weighted by Crippen LogP contribution is 2.26. The van der Waals surface area contributed by atoms with Crippen LogP contribution in [0.2, 0.25) is 5.02 Å². The van der Waals surface area contributed by atoms with Crippen LogP contribution in [0.25, 0.3) is 0 Å². The average Bonchev–Trinajstić information content (AvgIpc) is 3.14. The Morgan fingerprint density at radius 1 is 1.37 bits per heavy atom. The van der Waals surface area contributed by atoms with E-state index in [0.29, 0.717) is 29.6 Å². The standard InChI is InChI=1S/C18H25ClN4O3.ClH/c19-15-5-6-17(23(25)26)14(9-15)12-22-8-2-3-13(11-22)10-21-18(24)16-4-1-7-20-16;/h5-6,9,13,16,20H,1-4,7-8,10-12H2,(H,21,24);1H. The maximum absolute atomic E-state index is 12.1. The molecule has 0 radical (unpaired) electrons. The maximum Gasteiger partial charge on any atom is 0.273 e. The molecule has 2 atom stereocenters. The first-order valence-corrected chi connectivity index (χ1v) is 9.57. The van der Waals surface area contributed by atoms with Crippen molar-refractivity contribution in [3.8, 4) is 0 Å². The third-order valence-corrected chi connectivity index (χ3v) is 5.41. The number of carbonyl (C=O) groups is 1. The smallest absolute Gasteiger partial charge is 0.273 e. The van der Waals surface area contributed by atoms with Gasteiger partial charge >= 0.3 is 0 Å². The molecule has 2 unspecified atom stereocenters. The van der Waals surface area contributed by atoms with Gasteiger partial charge in [0.25, 0.3) is 5.69 Å². The molecular formula is C18H26Cl2N4O3. The summed E-state index contributed by atoms with van der Waals surface area (Å²) in [5.74, 6) is 0.456. The highest BCUT2D eigenvalue weighted by Gasteiger charge is 2.25. The number of nitrogens with zero attached hydrogens (tertiary/aromatic N) is 2. The third kappa shape index (κ3) is 6.04. The molecule has 150 valence electrons. The number of nitro groups is 1. The molecule has 0 aromatic heterocycles. The molecule has 1 amide bonds. The van der Waals surface area contributed by atoms with Gasteiger partial charge in [-0.25, -0.2) is 0 Å². The van der Waals surface area contributed by atoms with Gasteiger partial charge < -0.3 is 10.6 Å². The van der Waals surface area contributed by atoms with Crippen molar-refractivity contribution < 1.29 is 9.72 Å². The number of nitro benzene ring substituents is 1. The SMILES string of the molecule is Cl.O=C(NCC1CCCN(Cc2cc(Cl)ccc2[N+](=O)[O-])C1)C1CCCN1. The predicted octanol–water partition coefficient (Wildman–Crippen LogP) is 2.75. The van der Waals surface area contributed by atoms with Crippen LogP contribution < -0.4 is 10.6 Å². The number of rotatable bonds is 6. The molecule has 7 nitrogen and oxygen atoms in total. The van der Waals surface area contributed by atoms with E-state index in [2.05, 4.69) is 15.5 Å². The molecule has 0 aliphatic carbocycles. The zero-order valence-electron chi connectivity index (χ0n) is 15.2. The van der Waals surface area contributed by atoms with E-state index in [4.69, 9.17) is 11.6 Å². The van der Waals surface area contributed by atoms with Crippen molar-refractivity contribution in [2.75, 3.05) is 26.2 Å². The van der Waals surface area contributed by atoms with Crippen LogP contribution >= 0.6 is 24.0 Å². The van der Waals surface area contributed by atoms with Crippen molar-refractivity contribution in [1.29, 1.82) is 0 Å². The molecule has 2 aliphatic rings. The molecule has 9 heteroatoms. The number of benzene rings is 1. The lowest BCUT2D eigenvalue weighted by Gasteiger charge is -2.33. The quantitative estimate of drug-likeness (QED) is 0.549. The Labute approximate surface area is 170 Å². The van der Waals surface area contributed by atoms with Gasteiger partial charge in [0.05, 0.1) is 11.0 Å². The summed E-state index contributed by atoms with van der Waals surface area (Å²) >= 11 is 6.02. The predicted molar refractivity (Wildman–Crippen MR) is 107 cm³/mol. The summed E-state index contributed by atoms with van der Waals surface area (Å²) in [6.45, 7) is 3.80. The van der Waals surface area contributed by atoms with Gasteiger partial charge in [-0.3, -0.25) is 19.8 Å². The molecule has 1 aromatic carbocycles. The summed E-state index contributed by atoms with van der Waals surface area (Å²) < 4.78 is 0. The van der Waals surface area contributed by atoms with Gasteiger partial charge in [-0.05, 0) is 56.8 Å². The van der Waals surface area contributed by atoms with Crippen LogP contribution in [0.15, 0.2) is 18.2 Å². The van der Waals surface area contributed by atoms with E-state index in [1.165, 1.54) is 6.07 Å². The van der Waals surface area contributed by atoms with Crippen molar-refractivity contribution in [2.24, 2.45) is 5.92 Å². The first-order valence-electron chi connectivity index (χ1n) is 9.19. The van der Waals surface area contributed by atoms with Gasteiger partial charge in [0.2, 0.25) is 5.91 Å². The number of amides is 1. The van der Waals surface area contributed by atoms with E-state index in [9.17, 15) is 14.9 Å². The van der Waals surface area contributed by atoms with E-state index in [0.717, 1.165) is 45.3 Å². The second kappa shape index (κ2) is 10.2. The molecule has 27 heavy (non-hydrogen) atoms. The summed E-state index contributed by atoms with van der Waals surface area (Å²) in [7, 11) is 0. The minimum absolute atomic E-state index is 0. The van der Waals surface area contributed by atoms with Crippen molar-refractivity contribution in [2.45, 2.75) is 38.3 Å². The number of hydrogen-bond donors (Lipinski definition) is 2. The lowest BCUT2D eigenvalue weighted by Crippen LogP contribution is -2.45. The summed E-state index contributed by atoms with van der Waals surface area (Å²) in [5, 5.41) is 18.0. The minimum atomic E-state index is -0.359. The third-order valence-electron chi connectivity index (χ3n) is 5.18. The van der Waals surface area contributed by atoms with Gasteiger partial charge in [-0.15, -0.1) is 12.4 Å². The van der Waals surface area contributed by atoms with Crippen LogP contribution in [0.3, 0.4) is 0 Å². The van der Waals surface area contributed by atoms with Gasteiger partial charge in [0.1, 0.15) is 0 Å². The lowest BCUT2D eigenvalue weighted by atomic mass is 9.97. The van der Waals surface area contributed by atoms with E-state index in [1.807, 2.05) is 0 Å². The van der Waals surface area contributed by atoms with E-state index in [-0.39, 0.29) is 35.0 Å². The minimum Gasteiger partial charge on any atom is -0.354 e. The fourth-order valence-corrected chi connectivity index (χ4v) is 4.03. The van der Waals surface area contributed by atoms with Crippen LogP contribution in [-0.2, 0) is 11.3 Å². The number of halogens is 2. The normalized spacial score (nSPS) is 22.9. The van der Waals surface area contributed by atoms with Crippen LogP contribution in [0, 0.1) is 16.0 Å². The van der Waals surface area contributed by atoms with Crippen molar-refractivity contribution in [1.82, 2.24) is 15.5 Å². The summed E-state index contributed by atoms with van der Waals surface area (Å²) in [5.41, 5.74) is 0.750. The van der Waals surface area contributed by atoms with Crippen LogP contribution in [-0.4, -0.2) is 48.0 Å². The summed E-state index contributed by atoms with van der Waals surface area (Å²) in [6, 6.07) is 4.64. The first kappa shape index (κ1) is 21.9. The second-order valence-electron chi connectivity index (χ2n) is 7.17. The number of piperidine rings is 1. The van der Waals surface area contributed by atoms with Gasteiger partial charge in [-0.2, -0.15) is 0 Å². The Bertz CT molecular complexity index is 668. The first-order chi connectivity index (χ1) is 12.5. The molecule has 2 saturated heterocycles. The van der Waals surface area contributed by atoms with Crippen molar-refractivity contribution in [3.05, 3.63) is 38.9 Å². The zero-order chi connectivity index (χ0) is 18.5. The summed E-state index contributed by atoms with van der Waals surface area (Å²) in [6.07, 6.45) is 4.04. The molecule has 0 spiro atoms. The number of nitrogens with one attached hydrogen (secondary N) is 2. The summed E-state index contributed by atoms with van der Waals surface area (Å²) in [4.78, 5) is 25.2. The fourth-order valence-electron chi connectivity index (χ4n) is 3.84. The molecule has 1 aromatic rings.